The summed E-state index contributed by atoms with van der Waals surface area (Å²) >= 11 is 9.54. The second-order valence-electron chi connectivity index (χ2n) is 10.5. The number of thiazole rings is 1. The molecule has 1 aliphatic rings. The molecule has 1 aromatic heterocycles. The Bertz CT molecular complexity index is 2170. The van der Waals surface area contributed by atoms with Crippen LogP contribution in [0.25, 0.3) is 16.8 Å². The Morgan fingerprint density at radius 1 is 1.02 bits per heavy atom. The number of hydrogen-bond donors (Lipinski definition) is 0. The van der Waals surface area contributed by atoms with Crippen molar-refractivity contribution in [2.75, 3.05) is 13.2 Å². The molecule has 0 aliphatic carbocycles. The van der Waals surface area contributed by atoms with Gasteiger partial charge in [0.05, 0.1) is 38.6 Å². The van der Waals surface area contributed by atoms with Crippen molar-refractivity contribution < 1.29 is 19.0 Å². The number of aromatic nitrogens is 1. The van der Waals surface area contributed by atoms with Crippen LogP contribution < -0.4 is 24.4 Å². The number of fused-ring (bicyclic) bond motifs is 2. The zero-order valence-corrected chi connectivity index (χ0v) is 29.1. The highest BCUT2D eigenvalue weighted by Gasteiger charge is 2.34. The normalized spacial score (nSPS) is 14.6. The number of nitrogens with zero attached hydrogens (tertiary/aromatic N) is 2. The molecule has 0 saturated carbocycles. The van der Waals surface area contributed by atoms with Crippen LogP contribution in [0.15, 0.2) is 99.9 Å². The van der Waals surface area contributed by atoms with E-state index in [9.17, 15) is 9.59 Å². The SMILES string of the molecule is CCOC(=O)C1=C(C)N=c2s/c(=C/c3cc(I)c(OCc4ccc(Cl)cc4)c(OCC)c3)c(=O)n2[C@@H]1c1cccc2ccccc12. The highest BCUT2D eigenvalue weighted by atomic mass is 127. The van der Waals surface area contributed by atoms with Gasteiger partial charge in [0, 0.05) is 5.02 Å². The fourth-order valence-corrected chi connectivity index (χ4v) is 7.49. The first-order valence-corrected chi connectivity index (χ1v) is 17.1. The van der Waals surface area contributed by atoms with Crippen LogP contribution in [0.3, 0.4) is 0 Å². The van der Waals surface area contributed by atoms with Gasteiger partial charge in [-0.2, -0.15) is 0 Å². The standard InChI is InChI=1S/C36H30ClIN2O5S/c1-4-43-29-18-23(17-28(38)33(29)45-20-22-13-15-25(37)16-14-22)19-30-34(41)40-32(27-12-8-10-24-9-6-7-11-26(24)27)31(35(42)44-5-2)21(3)39-36(40)46-30/h6-19,32H,4-5,20H2,1-3H3/b30-19+/t32-/m1/s1. The Morgan fingerprint density at radius 3 is 2.54 bits per heavy atom. The molecule has 0 fully saturated rings. The van der Waals surface area contributed by atoms with Gasteiger partial charge in [0.1, 0.15) is 6.61 Å². The molecule has 234 valence electrons. The smallest absolute Gasteiger partial charge is 0.338 e. The summed E-state index contributed by atoms with van der Waals surface area (Å²) in [6.45, 7) is 6.48. The number of allylic oxidation sites excluding steroid dienone is 1. The quantitative estimate of drug-likeness (QED) is 0.117. The first kappa shape index (κ1) is 32.0. The summed E-state index contributed by atoms with van der Waals surface area (Å²) < 4.78 is 20.6. The van der Waals surface area contributed by atoms with Gasteiger partial charge in [-0.25, -0.2) is 9.79 Å². The summed E-state index contributed by atoms with van der Waals surface area (Å²) in [5.41, 5.74) is 3.23. The van der Waals surface area contributed by atoms with Gasteiger partial charge >= 0.3 is 5.97 Å². The molecule has 0 unspecified atom stereocenters. The number of halogens is 2. The first-order valence-electron chi connectivity index (χ1n) is 14.8. The summed E-state index contributed by atoms with van der Waals surface area (Å²) in [6.07, 6.45) is 1.83. The number of hydrogen-bond acceptors (Lipinski definition) is 7. The molecule has 2 heterocycles. The zero-order chi connectivity index (χ0) is 32.4. The Morgan fingerprint density at radius 2 is 1.78 bits per heavy atom. The van der Waals surface area contributed by atoms with Gasteiger partial charge in [-0.1, -0.05) is 77.5 Å². The van der Waals surface area contributed by atoms with Crippen molar-refractivity contribution in [2.24, 2.45) is 4.99 Å². The van der Waals surface area contributed by atoms with E-state index in [1.54, 1.807) is 18.4 Å². The Balaban J connectivity index is 1.46. The number of benzene rings is 4. The summed E-state index contributed by atoms with van der Waals surface area (Å²) in [7, 11) is 0. The maximum atomic E-state index is 14.3. The van der Waals surface area contributed by atoms with E-state index in [1.807, 2.05) is 91.9 Å². The molecule has 0 saturated heterocycles. The minimum atomic E-state index is -0.702. The van der Waals surface area contributed by atoms with E-state index in [4.69, 9.17) is 30.8 Å². The molecule has 1 aliphatic heterocycles. The van der Waals surface area contributed by atoms with Crippen LogP contribution >= 0.6 is 45.5 Å². The van der Waals surface area contributed by atoms with Crippen LogP contribution in [0, 0.1) is 3.57 Å². The first-order chi connectivity index (χ1) is 22.3. The lowest BCUT2D eigenvalue weighted by Crippen LogP contribution is -2.40. The molecule has 5 aromatic rings. The number of esters is 1. The molecule has 0 amide bonds. The zero-order valence-electron chi connectivity index (χ0n) is 25.4. The number of rotatable bonds is 9. The van der Waals surface area contributed by atoms with E-state index in [2.05, 4.69) is 22.6 Å². The number of carbonyl (C=O) groups excluding carboxylic acids is 1. The lowest BCUT2D eigenvalue weighted by Gasteiger charge is -2.25. The summed E-state index contributed by atoms with van der Waals surface area (Å²) in [5, 5.41) is 2.63. The molecule has 46 heavy (non-hydrogen) atoms. The van der Waals surface area contributed by atoms with Crippen LogP contribution in [-0.2, 0) is 16.1 Å². The van der Waals surface area contributed by atoms with Crippen molar-refractivity contribution in [2.45, 2.75) is 33.4 Å². The minimum absolute atomic E-state index is 0.211. The van der Waals surface area contributed by atoms with E-state index in [0.29, 0.717) is 50.3 Å². The maximum Gasteiger partial charge on any atom is 0.338 e. The second-order valence-corrected chi connectivity index (χ2v) is 13.2. The number of ether oxygens (including phenoxy) is 3. The molecule has 7 nitrogen and oxygen atoms in total. The molecule has 0 radical (unpaired) electrons. The van der Waals surface area contributed by atoms with Crippen molar-refractivity contribution in [3.8, 4) is 11.5 Å². The van der Waals surface area contributed by atoms with Gasteiger partial charge in [-0.05, 0) is 101 Å². The molecule has 0 N–H and O–H groups in total. The topological polar surface area (TPSA) is 79.1 Å². The third-order valence-corrected chi connectivity index (χ3v) is 9.60. The molecular weight excluding hydrogens is 735 g/mol. The summed E-state index contributed by atoms with van der Waals surface area (Å²) in [4.78, 5) is 32.9. The molecule has 4 aromatic carbocycles. The van der Waals surface area contributed by atoms with Crippen molar-refractivity contribution in [1.29, 1.82) is 0 Å². The van der Waals surface area contributed by atoms with Gasteiger partial charge in [0.15, 0.2) is 16.3 Å². The van der Waals surface area contributed by atoms with E-state index >= 15 is 0 Å². The Kier molecular flexibility index (Phi) is 9.62. The van der Waals surface area contributed by atoms with E-state index in [1.165, 1.54) is 11.3 Å². The maximum absolute atomic E-state index is 14.3. The number of carbonyl (C=O) groups is 1. The molecule has 1 atom stereocenters. The Hall–Kier alpha value is -3.93. The van der Waals surface area contributed by atoms with Crippen molar-refractivity contribution in [1.82, 2.24) is 4.57 Å². The molecule has 0 spiro atoms. The highest BCUT2D eigenvalue weighted by Crippen LogP contribution is 2.36. The van der Waals surface area contributed by atoms with Crippen molar-refractivity contribution >= 4 is 68.3 Å². The summed E-state index contributed by atoms with van der Waals surface area (Å²) in [5.74, 6) is 0.721. The molecule has 10 heteroatoms. The van der Waals surface area contributed by atoms with Crippen molar-refractivity contribution in [3.63, 3.8) is 0 Å². The van der Waals surface area contributed by atoms with Crippen LogP contribution in [0.2, 0.25) is 5.02 Å². The van der Waals surface area contributed by atoms with E-state index in [0.717, 1.165) is 31.0 Å². The fraction of sp³-hybridized carbons (Fsp3) is 0.194. The van der Waals surface area contributed by atoms with Crippen LogP contribution in [-0.4, -0.2) is 23.8 Å². The largest absolute Gasteiger partial charge is 0.490 e. The predicted molar refractivity (Wildman–Crippen MR) is 190 cm³/mol. The third-order valence-electron chi connectivity index (χ3n) is 7.56. The molecule has 0 bridgehead atoms. The highest BCUT2D eigenvalue weighted by molar-refractivity contribution is 14.1. The second kappa shape index (κ2) is 13.8. The molecular formula is C36H30ClIN2O5S. The van der Waals surface area contributed by atoms with Gasteiger partial charge in [0.2, 0.25) is 0 Å². The van der Waals surface area contributed by atoms with Gasteiger partial charge < -0.3 is 14.2 Å². The average molecular weight is 765 g/mol. The van der Waals surface area contributed by atoms with Gasteiger partial charge in [-0.15, -0.1) is 0 Å². The third kappa shape index (κ3) is 6.36. The summed E-state index contributed by atoms with van der Waals surface area (Å²) in [6, 6.07) is 24.5. The van der Waals surface area contributed by atoms with Gasteiger partial charge in [0.25, 0.3) is 5.56 Å². The minimum Gasteiger partial charge on any atom is -0.490 e. The van der Waals surface area contributed by atoms with E-state index in [-0.39, 0.29) is 12.2 Å². The average Bonchev–Trinajstić information content (AvgIpc) is 3.34. The Labute approximate surface area is 288 Å². The van der Waals surface area contributed by atoms with Crippen molar-refractivity contribution in [3.05, 3.63) is 135 Å². The predicted octanol–water partition coefficient (Wildman–Crippen LogP) is 7.19. The van der Waals surface area contributed by atoms with Crippen LogP contribution in [0.5, 0.6) is 11.5 Å². The van der Waals surface area contributed by atoms with Crippen LogP contribution in [0.1, 0.15) is 43.5 Å². The molecule has 6 rings (SSSR count). The fourth-order valence-electron chi connectivity index (χ4n) is 5.54. The lowest BCUT2D eigenvalue weighted by atomic mass is 9.91. The monoisotopic (exact) mass is 764 g/mol. The van der Waals surface area contributed by atoms with E-state index < -0.39 is 12.0 Å². The van der Waals surface area contributed by atoms with Gasteiger partial charge in [-0.3, -0.25) is 9.36 Å². The lowest BCUT2D eigenvalue weighted by molar-refractivity contribution is -0.139. The van der Waals surface area contributed by atoms with Crippen LogP contribution in [0.4, 0.5) is 0 Å².